The van der Waals surface area contributed by atoms with Crippen LogP contribution in [0.3, 0.4) is 0 Å². The number of piperidine rings is 1. The summed E-state index contributed by atoms with van der Waals surface area (Å²) in [6.07, 6.45) is 3.96. The van der Waals surface area contributed by atoms with E-state index in [4.69, 9.17) is 5.73 Å². The van der Waals surface area contributed by atoms with Crippen LogP contribution in [0.5, 0.6) is 0 Å². The van der Waals surface area contributed by atoms with Gasteiger partial charge in [0.05, 0.1) is 11.3 Å². The topological polar surface area (TPSA) is 64.2 Å². The van der Waals surface area contributed by atoms with Crippen LogP contribution in [-0.2, 0) is 7.05 Å². The quantitative estimate of drug-likeness (QED) is 0.849. The molecule has 2 N–H and O–H groups in total. The maximum Gasteiger partial charge on any atom is 0.257 e. The van der Waals surface area contributed by atoms with Gasteiger partial charge in [0.2, 0.25) is 0 Å². The normalized spacial score (nSPS) is 22.0. The Morgan fingerprint density at radius 1 is 1.61 bits per heavy atom. The zero-order valence-electron chi connectivity index (χ0n) is 11.4. The average molecular weight is 250 g/mol. The molecule has 1 aromatic rings. The van der Waals surface area contributed by atoms with Crippen molar-refractivity contribution in [3.05, 3.63) is 17.5 Å². The van der Waals surface area contributed by atoms with Gasteiger partial charge >= 0.3 is 0 Å². The lowest BCUT2D eigenvalue weighted by molar-refractivity contribution is 0.0660. The van der Waals surface area contributed by atoms with E-state index in [2.05, 4.69) is 5.10 Å². The zero-order valence-corrected chi connectivity index (χ0v) is 11.4. The highest BCUT2D eigenvalue weighted by atomic mass is 16.2. The second-order valence-corrected chi connectivity index (χ2v) is 5.31. The number of hydrogen-bond acceptors (Lipinski definition) is 3. The third kappa shape index (κ3) is 2.56. The van der Waals surface area contributed by atoms with E-state index >= 15 is 0 Å². The third-order valence-electron chi connectivity index (χ3n) is 3.73. The fourth-order valence-corrected chi connectivity index (χ4v) is 2.60. The van der Waals surface area contributed by atoms with Gasteiger partial charge in [0, 0.05) is 32.4 Å². The molecule has 2 rings (SSSR count). The van der Waals surface area contributed by atoms with Gasteiger partial charge in [-0.2, -0.15) is 5.10 Å². The van der Waals surface area contributed by atoms with Gasteiger partial charge in [0.1, 0.15) is 0 Å². The van der Waals surface area contributed by atoms with Crippen molar-refractivity contribution in [1.82, 2.24) is 14.7 Å². The summed E-state index contributed by atoms with van der Waals surface area (Å²) in [5.74, 6) is 0.505. The Kier molecular flexibility index (Phi) is 3.71. The summed E-state index contributed by atoms with van der Waals surface area (Å²) in [5, 5.41) is 4.23. The highest BCUT2D eigenvalue weighted by Crippen LogP contribution is 2.21. The molecule has 100 valence electrons. The average Bonchev–Trinajstić information content (AvgIpc) is 2.67. The van der Waals surface area contributed by atoms with Gasteiger partial charge in [-0.1, -0.05) is 0 Å². The second-order valence-electron chi connectivity index (χ2n) is 5.31. The lowest BCUT2D eigenvalue weighted by Crippen LogP contribution is -2.45. The lowest BCUT2D eigenvalue weighted by Gasteiger charge is -2.34. The van der Waals surface area contributed by atoms with Crippen LogP contribution in [0, 0.1) is 12.8 Å². The molecule has 1 aliphatic heterocycles. The smallest absolute Gasteiger partial charge is 0.257 e. The number of aryl methyl sites for hydroxylation is 2. The lowest BCUT2D eigenvalue weighted by atomic mass is 9.92. The molecule has 0 radical (unpaired) electrons. The van der Waals surface area contributed by atoms with Gasteiger partial charge in [-0.25, -0.2) is 0 Å². The standard InChI is InChI=1S/C13H22N4O/c1-9(14)11-5-4-6-17(7-11)13(18)12-8-16(3)15-10(12)2/h8-9,11H,4-7,14H2,1-3H3. The van der Waals surface area contributed by atoms with Crippen molar-refractivity contribution < 1.29 is 4.79 Å². The monoisotopic (exact) mass is 250 g/mol. The van der Waals surface area contributed by atoms with E-state index in [1.165, 1.54) is 0 Å². The summed E-state index contributed by atoms with van der Waals surface area (Å²) < 4.78 is 1.69. The number of carbonyl (C=O) groups is 1. The third-order valence-corrected chi connectivity index (χ3v) is 3.73. The molecule has 2 atom stereocenters. The predicted molar refractivity (Wildman–Crippen MR) is 70.2 cm³/mol. The highest BCUT2D eigenvalue weighted by Gasteiger charge is 2.27. The van der Waals surface area contributed by atoms with E-state index in [1.807, 2.05) is 25.8 Å². The number of carbonyl (C=O) groups excluding carboxylic acids is 1. The number of aromatic nitrogens is 2. The molecule has 0 aromatic carbocycles. The van der Waals surface area contributed by atoms with Crippen molar-refractivity contribution in [3.63, 3.8) is 0 Å². The first kappa shape index (κ1) is 13.1. The predicted octanol–water partition coefficient (Wildman–Crippen LogP) is 0.928. The van der Waals surface area contributed by atoms with Crippen LogP contribution >= 0.6 is 0 Å². The molecular formula is C13H22N4O. The van der Waals surface area contributed by atoms with Crippen molar-refractivity contribution in [3.8, 4) is 0 Å². The first-order valence-electron chi connectivity index (χ1n) is 6.54. The Morgan fingerprint density at radius 3 is 2.89 bits per heavy atom. The molecule has 1 fully saturated rings. The summed E-state index contributed by atoms with van der Waals surface area (Å²) >= 11 is 0. The van der Waals surface area contributed by atoms with Crippen LogP contribution < -0.4 is 5.73 Å². The molecule has 18 heavy (non-hydrogen) atoms. The van der Waals surface area contributed by atoms with Crippen LogP contribution in [-0.4, -0.2) is 39.7 Å². The Bertz CT molecular complexity index is 438. The number of likely N-dealkylation sites (tertiary alicyclic amines) is 1. The molecule has 1 aliphatic rings. The molecule has 0 bridgehead atoms. The minimum Gasteiger partial charge on any atom is -0.338 e. The van der Waals surface area contributed by atoms with E-state index in [1.54, 1.807) is 10.9 Å². The zero-order chi connectivity index (χ0) is 13.3. The Hall–Kier alpha value is -1.36. The van der Waals surface area contributed by atoms with Gasteiger partial charge in [-0.3, -0.25) is 9.48 Å². The fourth-order valence-electron chi connectivity index (χ4n) is 2.60. The van der Waals surface area contributed by atoms with Crippen LogP contribution in [0.25, 0.3) is 0 Å². The number of nitrogens with zero attached hydrogens (tertiary/aromatic N) is 3. The van der Waals surface area contributed by atoms with Crippen molar-refractivity contribution in [2.45, 2.75) is 32.7 Å². The Labute approximate surface area is 108 Å². The SMILES string of the molecule is Cc1nn(C)cc1C(=O)N1CCCC(C(C)N)C1. The van der Waals surface area contributed by atoms with Crippen LogP contribution in [0.15, 0.2) is 6.20 Å². The summed E-state index contributed by atoms with van der Waals surface area (Å²) in [5.41, 5.74) is 7.46. The van der Waals surface area contributed by atoms with Gasteiger partial charge in [0.25, 0.3) is 5.91 Å². The number of rotatable bonds is 2. The van der Waals surface area contributed by atoms with E-state index in [-0.39, 0.29) is 11.9 Å². The minimum absolute atomic E-state index is 0.0888. The number of nitrogens with two attached hydrogens (primary N) is 1. The van der Waals surface area contributed by atoms with Gasteiger partial charge in [-0.15, -0.1) is 0 Å². The van der Waals surface area contributed by atoms with E-state index < -0.39 is 0 Å². The Morgan fingerprint density at radius 2 is 2.33 bits per heavy atom. The molecule has 2 heterocycles. The first-order valence-corrected chi connectivity index (χ1v) is 6.54. The van der Waals surface area contributed by atoms with Gasteiger partial charge in [0.15, 0.2) is 0 Å². The van der Waals surface area contributed by atoms with E-state index in [9.17, 15) is 4.79 Å². The molecule has 0 aliphatic carbocycles. The van der Waals surface area contributed by atoms with Crippen molar-refractivity contribution in [1.29, 1.82) is 0 Å². The molecule has 5 nitrogen and oxygen atoms in total. The number of amides is 1. The Balaban J connectivity index is 2.11. The first-order chi connectivity index (χ1) is 8.49. The maximum absolute atomic E-state index is 12.4. The minimum atomic E-state index is 0.0888. The molecular weight excluding hydrogens is 228 g/mol. The highest BCUT2D eigenvalue weighted by molar-refractivity contribution is 5.95. The van der Waals surface area contributed by atoms with Gasteiger partial charge in [-0.05, 0) is 32.6 Å². The van der Waals surface area contributed by atoms with E-state index in [0.29, 0.717) is 11.5 Å². The van der Waals surface area contributed by atoms with Gasteiger partial charge < -0.3 is 10.6 Å². The van der Waals surface area contributed by atoms with Crippen LogP contribution in [0.4, 0.5) is 0 Å². The largest absolute Gasteiger partial charge is 0.338 e. The number of hydrogen-bond donors (Lipinski definition) is 1. The summed E-state index contributed by atoms with van der Waals surface area (Å²) in [6, 6.07) is 0.149. The summed E-state index contributed by atoms with van der Waals surface area (Å²) in [4.78, 5) is 14.4. The second kappa shape index (κ2) is 5.10. The molecule has 1 aromatic heterocycles. The molecule has 5 heteroatoms. The molecule has 1 amide bonds. The maximum atomic E-state index is 12.4. The fraction of sp³-hybridized carbons (Fsp3) is 0.692. The molecule has 1 saturated heterocycles. The van der Waals surface area contributed by atoms with Crippen molar-refractivity contribution >= 4 is 5.91 Å². The van der Waals surface area contributed by atoms with Crippen LogP contribution in [0.2, 0.25) is 0 Å². The van der Waals surface area contributed by atoms with E-state index in [0.717, 1.165) is 31.6 Å². The van der Waals surface area contributed by atoms with Crippen molar-refractivity contribution in [2.24, 2.45) is 18.7 Å². The summed E-state index contributed by atoms with van der Waals surface area (Å²) in [7, 11) is 1.84. The molecule has 0 saturated carbocycles. The summed E-state index contributed by atoms with van der Waals surface area (Å²) in [6.45, 7) is 5.50. The molecule has 2 unspecified atom stereocenters. The van der Waals surface area contributed by atoms with Crippen molar-refractivity contribution in [2.75, 3.05) is 13.1 Å². The molecule has 0 spiro atoms. The van der Waals surface area contributed by atoms with Crippen LogP contribution in [0.1, 0.15) is 35.8 Å².